The zero-order valence-corrected chi connectivity index (χ0v) is 12.4. The minimum absolute atomic E-state index is 0.437. The van der Waals surface area contributed by atoms with E-state index < -0.39 is 0 Å². The molecule has 2 heterocycles. The van der Waals surface area contributed by atoms with E-state index in [1.165, 1.54) is 57.9 Å². The number of nitrogens with one attached hydrogen (secondary N) is 1. The summed E-state index contributed by atoms with van der Waals surface area (Å²) in [5.74, 6) is 2.56. The molecule has 1 aliphatic carbocycles. The first-order valence-corrected chi connectivity index (χ1v) is 8.43. The molecule has 0 aromatic heterocycles. The van der Waals surface area contributed by atoms with Gasteiger partial charge in [-0.2, -0.15) is 5.06 Å². The van der Waals surface area contributed by atoms with Crippen molar-refractivity contribution in [3.63, 3.8) is 0 Å². The lowest BCUT2D eigenvalue weighted by molar-refractivity contribution is -0.150. The maximum absolute atomic E-state index is 10.1. The maximum Gasteiger partial charge on any atom is 0.0353 e. The van der Waals surface area contributed by atoms with E-state index in [-0.39, 0.29) is 0 Å². The van der Waals surface area contributed by atoms with E-state index >= 15 is 0 Å². The number of rotatable bonds is 2. The van der Waals surface area contributed by atoms with Crippen LogP contribution in [0.2, 0.25) is 0 Å². The number of nitrogens with zero attached hydrogens (tertiary/aromatic N) is 1. The van der Waals surface area contributed by atoms with Crippen LogP contribution in [-0.4, -0.2) is 35.4 Å². The van der Waals surface area contributed by atoms with Crippen LogP contribution in [0.5, 0.6) is 0 Å². The fourth-order valence-electron chi connectivity index (χ4n) is 4.87. The van der Waals surface area contributed by atoms with Crippen LogP contribution in [0.15, 0.2) is 0 Å². The standard InChI is InChI=1S/C16H30N2O/c1-12-9-13(11-14-5-2-3-8-18(14)19)15-6-4-7-17-16(15)10-12/h12-17,19H,2-11H2,1H3. The molecular formula is C16H30N2O. The number of hydrogen-bond donors (Lipinski definition) is 2. The lowest BCUT2D eigenvalue weighted by atomic mass is 9.66. The lowest BCUT2D eigenvalue weighted by Gasteiger charge is -2.46. The van der Waals surface area contributed by atoms with Crippen molar-refractivity contribution in [1.82, 2.24) is 10.4 Å². The maximum atomic E-state index is 10.1. The van der Waals surface area contributed by atoms with Gasteiger partial charge in [-0.3, -0.25) is 0 Å². The van der Waals surface area contributed by atoms with Crippen LogP contribution in [0.25, 0.3) is 0 Å². The Labute approximate surface area is 117 Å². The van der Waals surface area contributed by atoms with Gasteiger partial charge in [-0.15, -0.1) is 0 Å². The largest absolute Gasteiger partial charge is 0.314 e. The topological polar surface area (TPSA) is 35.5 Å². The highest BCUT2D eigenvalue weighted by molar-refractivity contribution is 4.93. The first kappa shape index (κ1) is 13.8. The summed E-state index contributed by atoms with van der Waals surface area (Å²) in [6, 6.07) is 1.20. The molecule has 1 saturated carbocycles. The molecule has 110 valence electrons. The zero-order valence-electron chi connectivity index (χ0n) is 12.4. The van der Waals surface area contributed by atoms with Gasteiger partial charge in [0.05, 0.1) is 0 Å². The summed E-state index contributed by atoms with van der Waals surface area (Å²) in [6.45, 7) is 4.52. The molecule has 0 aromatic carbocycles. The molecule has 0 spiro atoms. The summed E-state index contributed by atoms with van der Waals surface area (Å²) in [6.07, 6.45) is 10.4. The normalized spacial score (nSPS) is 44.8. The van der Waals surface area contributed by atoms with Gasteiger partial charge >= 0.3 is 0 Å². The molecular weight excluding hydrogens is 236 g/mol. The third kappa shape index (κ3) is 3.14. The Balaban J connectivity index is 1.63. The van der Waals surface area contributed by atoms with Gasteiger partial charge in [0.2, 0.25) is 0 Å². The third-order valence-electron chi connectivity index (χ3n) is 5.78. The highest BCUT2D eigenvalue weighted by Gasteiger charge is 2.39. The summed E-state index contributed by atoms with van der Waals surface area (Å²) in [5.41, 5.74) is 0. The van der Waals surface area contributed by atoms with Crippen LogP contribution >= 0.6 is 0 Å². The molecule has 3 rings (SSSR count). The molecule has 0 bridgehead atoms. The van der Waals surface area contributed by atoms with Gasteiger partial charge in [0.25, 0.3) is 0 Å². The van der Waals surface area contributed by atoms with Crippen LogP contribution in [0.3, 0.4) is 0 Å². The van der Waals surface area contributed by atoms with E-state index in [1.54, 1.807) is 5.06 Å². The molecule has 0 radical (unpaired) electrons. The summed E-state index contributed by atoms with van der Waals surface area (Å²) < 4.78 is 0. The predicted octanol–water partition coefficient (Wildman–Crippen LogP) is 3.03. The van der Waals surface area contributed by atoms with Gasteiger partial charge in [0, 0.05) is 18.6 Å². The van der Waals surface area contributed by atoms with Gasteiger partial charge in [0.15, 0.2) is 0 Å². The zero-order chi connectivity index (χ0) is 13.2. The van der Waals surface area contributed by atoms with Gasteiger partial charge in [-0.05, 0) is 69.2 Å². The molecule has 3 heteroatoms. The van der Waals surface area contributed by atoms with E-state index in [9.17, 15) is 5.21 Å². The van der Waals surface area contributed by atoms with Crippen molar-refractivity contribution >= 4 is 0 Å². The van der Waals surface area contributed by atoms with Crippen LogP contribution in [-0.2, 0) is 0 Å². The first-order valence-electron chi connectivity index (χ1n) is 8.43. The number of piperidine rings is 2. The second kappa shape index (κ2) is 6.11. The highest BCUT2D eigenvalue weighted by Crippen LogP contribution is 2.41. The monoisotopic (exact) mass is 266 g/mol. The van der Waals surface area contributed by atoms with Crippen molar-refractivity contribution in [2.45, 2.75) is 70.4 Å². The molecule has 2 aliphatic heterocycles. The molecule has 5 atom stereocenters. The van der Waals surface area contributed by atoms with Crippen molar-refractivity contribution in [2.75, 3.05) is 13.1 Å². The molecule has 19 heavy (non-hydrogen) atoms. The van der Waals surface area contributed by atoms with Crippen molar-refractivity contribution in [3.05, 3.63) is 0 Å². The number of hydrogen-bond acceptors (Lipinski definition) is 3. The lowest BCUT2D eigenvalue weighted by Crippen LogP contribution is -2.50. The Morgan fingerprint density at radius 2 is 2.05 bits per heavy atom. The predicted molar refractivity (Wildman–Crippen MR) is 77.2 cm³/mol. The first-order chi connectivity index (χ1) is 9.24. The average molecular weight is 266 g/mol. The summed E-state index contributed by atoms with van der Waals surface area (Å²) in [5, 5.41) is 15.5. The molecule has 0 aromatic rings. The SMILES string of the molecule is CC1CC(CC2CCCCN2O)C2CCCNC2C1. The van der Waals surface area contributed by atoms with E-state index in [0.717, 1.165) is 30.3 Å². The Morgan fingerprint density at radius 3 is 2.89 bits per heavy atom. The Hall–Kier alpha value is -0.120. The van der Waals surface area contributed by atoms with Crippen molar-refractivity contribution in [3.8, 4) is 0 Å². The molecule has 0 amide bonds. The third-order valence-corrected chi connectivity index (χ3v) is 5.78. The minimum Gasteiger partial charge on any atom is -0.314 e. The fraction of sp³-hybridized carbons (Fsp3) is 1.00. The Morgan fingerprint density at radius 1 is 1.16 bits per heavy atom. The molecule has 2 saturated heterocycles. The molecule has 3 aliphatic rings. The van der Waals surface area contributed by atoms with Gasteiger partial charge in [0.1, 0.15) is 0 Å². The van der Waals surface area contributed by atoms with Crippen molar-refractivity contribution in [2.24, 2.45) is 17.8 Å². The number of fused-ring (bicyclic) bond motifs is 1. The Bertz CT molecular complexity index is 296. The van der Waals surface area contributed by atoms with Crippen LogP contribution in [0, 0.1) is 17.8 Å². The summed E-state index contributed by atoms with van der Waals surface area (Å²) >= 11 is 0. The van der Waals surface area contributed by atoms with E-state index in [2.05, 4.69) is 12.2 Å². The quantitative estimate of drug-likeness (QED) is 0.806. The fourth-order valence-corrected chi connectivity index (χ4v) is 4.87. The van der Waals surface area contributed by atoms with Gasteiger partial charge in [-0.25, -0.2) is 0 Å². The molecule has 5 unspecified atom stereocenters. The van der Waals surface area contributed by atoms with Crippen LogP contribution < -0.4 is 5.32 Å². The average Bonchev–Trinajstić information content (AvgIpc) is 2.41. The van der Waals surface area contributed by atoms with Gasteiger partial charge < -0.3 is 10.5 Å². The molecule has 2 N–H and O–H groups in total. The second-order valence-electron chi connectivity index (χ2n) is 7.25. The summed E-state index contributed by atoms with van der Waals surface area (Å²) in [4.78, 5) is 0. The second-order valence-corrected chi connectivity index (χ2v) is 7.25. The van der Waals surface area contributed by atoms with Crippen molar-refractivity contribution < 1.29 is 5.21 Å². The molecule has 3 nitrogen and oxygen atoms in total. The Kier molecular flexibility index (Phi) is 4.45. The van der Waals surface area contributed by atoms with E-state index in [1.807, 2.05) is 0 Å². The van der Waals surface area contributed by atoms with Gasteiger partial charge in [-0.1, -0.05) is 13.3 Å². The van der Waals surface area contributed by atoms with Crippen LogP contribution in [0.1, 0.15) is 58.3 Å². The van der Waals surface area contributed by atoms with E-state index in [4.69, 9.17) is 0 Å². The summed E-state index contributed by atoms with van der Waals surface area (Å²) in [7, 11) is 0. The van der Waals surface area contributed by atoms with E-state index in [0.29, 0.717) is 6.04 Å². The van der Waals surface area contributed by atoms with Crippen molar-refractivity contribution in [1.29, 1.82) is 0 Å². The smallest absolute Gasteiger partial charge is 0.0353 e. The number of hydroxylamine groups is 2. The molecule has 3 fully saturated rings. The minimum atomic E-state index is 0.437. The highest BCUT2D eigenvalue weighted by atomic mass is 16.5. The van der Waals surface area contributed by atoms with Crippen LogP contribution in [0.4, 0.5) is 0 Å².